The van der Waals surface area contributed by atoms with Crippen molar-refractivity contribution in [1.82, 2.24) is 0 Å². The monoisotopic (exact) mass is 295 g/mol. The lowest BCUT2D eigenvalue weighted by molar-refractivity contribution is 0.335. The van der Waals surface area contributed by atoms with Gasteiger partial charge in [-0.3, -0.25) is 4.21 Å². The minimum absolute atomic E-state index is 0.208. The van der Waals surface area contributed by atoms with Crippen molar-refractivity contribution in [3.63, 3.8) is 0 Å². The summed E-state index contributed by atoms with van der Waals surface area (Å²) in [6.07, 6.45) is 5.88. The van der Waals surface area contributed by atoms with Crippen molar-refractivity contribution in [2.45, 2.75) is 50.3 Å². The summed E-state index contributed by atoms with van der Waals surface area (Å²) in [5, 5.41) is 0.342. The van der Waals surface area contributed by atoms with Gasteiger partial charge in [0, 0.05) is 33.4 Å². The molecule has 0 aliphatic heterocycles. The second-order valence-electron chi connectivity index (χ2n) is 5.38. The van der Waals surface area contributed by atoms with Gasteiger partial charge in [-0.2, -0.15) is 0 Å². The van der Waals surface area contributed by atoms with Crippen LogP contribution in [0.5, 0.6) is 5.75 Å². The van der Waals surface area contributed by atoms with Crippen molar-refractivity contribution in [3.05, 3.63) is 29.8 Å². The summed E-state index contributed by atoms with van der Waals surface area (Å²) in [5.74, 6) is 1.36. The zero-order valence-electron chi connectivity index (χ0n) is 12.2. The first-order valence-corrected chi connectivity index (χ1v) is 8.95. The molecule has 0 aromatic heterocycles. The molecule has 1 aromatic carbocycles. The van der Waals surface area contributed by atoms with Gasteiger partial charge >= 0.3 is 0 Å². The minimum Gasteiger partial charge on any atom is -0.494 e. The van der Waals surface area contributed by atoms with Gasteiger partial charge in [-0.25, -0.2) is 0 Å². The summed E-state index contributed by atoms with van der Waals surface area (Å²) in [6, 6.07) is 7.61. The van der Waals surface area contributed by atoms with Crippen molar-refractivity contribution in [3.8, 4) is 5.75 Å². The Morgan fingerprint density at radius 3 is 2.70 bits per heavy atom. The molecule has 0 heterocycles. The van der Waals surface area contributed by atoms with Crippen molar-refractivity contribution in [1.29, 1.82) is 0 Å². The third kappa shape index (κ3) is 4.06. The van der Waals surface area contributed by atoms with Gasteiger partial charge in [0.05, 0.1) is 6.61 Å². The second kappa shape index (κ2) is 7.79. The molecule has 1 saturated carbocycles. The lowest BCUT2D eigenvalue weighted by Crippen LogP contribution is -2.27. The Bertz CT molecular complexity index is 444. The van der Waals surface area contributed by atoms with E-state index in [1.54, 1.807) is 0 Å². The first-order chi connectivity index (χ1) is 9.72. The van der Waals surface area contributed by atoms with Crippen molar-refractivity contribution in [2.24, 2.45) is 5.73 Å². The molecule has 0 bridgehead atoms. The summed E-state index contributed by atoms with van der Waals surface area (Å²) < 4.78 is 18.0. The van der Waals surface area contributed by atoms with Crippen LogP contribution in [0, 0.1) is 0 Å². The van der Waals surface area contributed by atoms with Crippen LogP contribution in [-0.2, 0) is 10.8 Å². The third-order valence-corrected chi connectivity index (χ3v) is 5.79. The molecule has 4 heteroatoms. The lowest BCUT2D eigenvalue weighted by atomic mass is 10.0. The van der Waals surface area contributed by atoms with E-state index in [9.17, 15) is 4.21 Å². The number of ether oxygens (including phenoxy) is 1. The average Bonchev–Trinajstić information content (AvgIpc) is 2.49. The molecule has 1 aliphatic carbocycles. The fourth-order valence-corrected chi connectivity index (χ4v) is 4.47. The van der Waals surface area contributed by atoms with E-state index in [1.165, 1.54) is 19.3 Å². The molecule has 2 rings (SSSR count). The highest BCUT2D eigenvalue weighted by atomic mass is 32.2. The van der Waals surface area contributed by atoms with Gasteiger partial charge in [0.25, 0.3) is 0 Å². The van der Waals surface area contributed by atoms with Crippen LogP contribution < -0.4 is 10.5 Å². The van der Waals surface area contributed by atoms with E-state index in [4.69, 9.17) is 10.5 Å². The molecule has 1 aromatic rings. The van der Waals surface area contributed by atoms with Crippen molar-refractivity contribution in [2.75, 3.05) is 12.4 Å². The van der Waals surface area contributed by atoms with Gasteiger partial charge in [0.15, 0.2) is 0 Å². The fraction of sp³-hybridized carbons (Fsp3) is 0.625. The van der Waals surface area contributed by atoms with E-state index in [1.807, 2.05) is 31.2 Å². The van der Waals surface area contributed by atoms with Crippen LogP contribution in [0.4, 0.5) is 0 Å². The highest BCUT2D eigenvalue weighted by Gasteiger charge is 2.23. The van der Waals surface area contributed by atoms with E-state index < -0.39 is 10.8 Å². The maximum atomic E-state index is 12.4. The normalized spacial score (nSPS) is 19.5. The quantitative estimate of drug-likeness (QED) is 0.877. The maximum absolute atomic E-state index is 12.4. The van der Waals surface area contributed by atoms with E-state index in [0.717, 1.165) is 24.2 Å². The Hall–Kier alpha value is -0.870. The molecule has 0 radical (unpaired) electrons. The van der Waals surface area contributed by atoms with Crippen LogP contribution in [0.1, 0.15) is 50.6 Å². The minimum atomic E-state index is -0.830. The Balaban J connectivity index is 2.00. The molecule has 2 atom stereocenters. The molecule has 0 saturated heterocycles. The number of benzene rings is 1. The third-order valence-electron chi connectivity index (χ3n) is 3.89. The molecule has 2 unspecified atom stereocenters. The summed E-state index contributed by atoms with van der Waals surface area (Å²) in [7, 11) is -0.830. The van der Waals surface area contributed by atoms with Gasteiger partial charge in [-0.15, -0.1) is 0 Å². The average molecular weight is 295 g/mol. The number of hydrogen-bond acceptors (Lipinski definition) is 3. The number of nitrogens with two attached hydrogens (primary N) is 1. The van der Waals surface area contributed by atoms with Crippen molar-refractivity contribution < 1.29 is 8.95 Å². The molecule has 112 valence electrons. The van der Waals surface area contributed by atoms with Crippen LogP contribution in [0.3, 0.4) is 0 Å². The number of rotatable bonds is 6. The molecule has 20 heavy (non-hydrogen) atoms. The van der Waals surface area contributed by atoms with E-state index in [-0.39, 0.29) is 6.04 Å². The maximum Gasteiger partial charge on any atom is 0.124 e. The lowest BCUT2D eigenvalue weighted by Gasteiger charge is -2.23. The molecule has 0 spiro atoms. The van der Waals surface area contributed by atoms with Crippen LogP contribution in [0.25, 0.3) is 0 Å². The summed E-state index contributed by atoms with van der Waals surface area (Å²) in [6.45, 7) is 2.58. The first-order valence-electron chi connectivity index (χ1n) is 7.57. The Morgan fingerprint density at radius 2 is 2.00 bits per heavy atom. The summed E-state index contributed by atoms with van der Waals surface area (Å²) in [5.41, 5.74) is 7.23. The van der Waals surface area contributed by atoms with E-state index in [0.29, 0.717) is 17.6 Å². The van der Waals surface area contributed by atoms with Gasteiger partial charge in [0.1, 0.15) is 5.75 Å². The number of hydrogen-bond donors (Lipinski definition) is 1. The largest absolute Gasteiger partial charge is 0.494 e. The molecule has 1 aliphatic rings. The topological polar surface area (TPSA) is 52.3 Å². The molecular weight excluding hydrogens is 270 g/mol. The zero-order valence-corrected chi connectivity index (χ0v) is 13.0. The van der Waals surface area contributed by atoms with Crippen LogP contribution in [0.2, 0.25) is 0 Å². The Labute approximate surface area is 124 Å². The van der Waals surface area contributed by atoms with E-state index >= 15 is 0 Å². The van der Waals surface area contributed by atoms with Crippen LogP contribution in [0.15, 0.2) is 24.3 Å². The van der Waals surface area contributed by atoms with Gasteiger partial charge in [-0.1, -0.05) is 37.5 Å². The molecule has 3 nitrogen and oxygen atoms in total. The van der Waals surface area contributed by atoms with Crippen molar-refractivity contribution >= 4 is 10.8 Å². The summed E-state index contributed by atoms with van der Waals surface area (Å²) >= 11 is 0. The van der Waals surface area contributed by atoms with E-state index in [2.05, 4.69) is 0 Å². The molecular formula is C16H25NO2S. The van der Waals surface area contributed by atoms with Crippen LogP contribution >= 0.6 is 0 Å². The first kappa shape index (κ1) is 15.5. The standard InChI is InChI=1S/C16H25NO2S/c1-2-19-16-11-7-6-10-14(16)15(17)12-20(18)13-8-4-3-5-9-13/h6-7,10-11,13,15H,2-5,8-9,12,17H2,1H3. The smallest absolute Gasteiger partial charge is 0.124 e. The molecule has 2 N–H and O–H groups in total. The predicted molar refractivity (Wildman–Crippen MR) is 84.4 cm³/mol. The fourth-order valence-electron chi connectivity index (χ4n) is 2.80. The molecule has 0 amide bonds. The zero-order chi connectivity index (χ0) is 14.4. The van der Waals surface area contributed by atoms with Gasteiger partial charge < -0.3 is 10.5 Å². The Morgan fingerprint density at radius 1 is 1.30 bits per heavy atom. The second-order valence-corrected chi connectivity index (χ2v) is 7.15. The Kier molecular flexibility index (Phi) is 6.05. The SMILES string of the molecule is CCOc1ccccc1C(N)CS(=O)C1CCCCC1. The molecule has 1 fully saturated rings. The van der Waals surface area contributed by atoms with Gasteiger partial charge in [0.2, 0.25) is 0 Å². The summed E-state index contributed by atoms with van der Waals surface area (Å²) in [4.78, 5) is 0. The highest BCUT2D eigenvalue weighted by molar-refractivity contribution is 7.85. The number of para-hydroxylation sites is 1. The van der Waals surface area contributed by atoms with Gasteiger partial charge in [-0.05, 0) is 25.8 Å². The van der Waals surface area contributed by atoms with Crippen LogP contribution in [-0.4, -0.2) is 21.8 Å². The highest BCUT2D eigenvalue weighted by Crippen LogP contribution is 2.27. The predicted octanol–water partition coefficient (Wildman–Crippen LogP) is 3.17.